The van der Waals surface area contributed by atoms with Crippen LogP contribution in [0.2, 0.25) is 0 Å². The van der Waals surface area contributed by atoms with E-state index in [4.69, 9.17) is 16.2 Å². The van der Waals surface area contributed by atoms with Crippen LogP contribution >= 0.6 is 7.60 Å². The normalized spacial score (nSPS) is 28.3. The first kappa shape index (κ1) is 18.4. The van der Waals surface area contributed by atoms with Crippen LogP contribution in [0.5, 0.6) is 0 Å². The number of nitrogen functional groups attached to an aromatic ring is 1. The summed E-state index contributed by atoms with van der Waals surface area (Å²) in [6.07, 6.45) is -4.42. The quantitative estimate of drug-likeness (QED) is 0.295. The number of primary amides is 1. The van der Waals surface area contributed by atoms with E-state index >= 15 is 0 Å². The van der Waals surface area contributed by atoms with Crippen LogP contribution in [0.15, 0.2) is 11.1 Å². The van der Waals surface area contributed by atoms with Gasteiger partial charge < -0.3 is 31.3 Å². The number of aromatic amines is 1. The Labute approximate surface area is 143 Å². The van der Waals surface area contributed by atoms with Gasteiger partial charge in [-0.15, -0.1) is 0 Å². The molecule has 1 amide bonds. The van der Waals surface area contributed by atoms with Crippen molar-refractivity contribution in [2.45, 2.75) is 24.5 Å². The molecule has 0 radical (unpaired) electrons. The maximum absolute atomic E-state index is 11.8. The molecule has 0 saturated carbocycles. The molecule has 26 heavy (non-hydrogen) atoms. The SMILES string of the molecule is NC(=O)P(=O)(O)OC[C@H]1O[C@@H](n2cnc3c(=O)[nH]c(N)nc32)[C@H](O)[C@@H]1O. The lowest BCUT2D eigenvalue weighted by atomic mass is 10.1. The molecule has 0 aromatic carbocycles. The number of nitrogens with one attached hydrogen (secondary N) is 1. The van der Waals surface area contributed by atoms with Crippen LogP contribution in [0.3, 0.4) is 0 Å². The van der Waals surface area contributed by atoms with Crippen LogP contribution in [0, 0.1) is 0 Å². The van der Waals surface area contributed by atoms with Gasteiger partial charge >= 0.3 is 13.2 Å². The van der Waals surface area contributed by atoms with Gasteiger partial charge in [0.25, 0.3) is 5.56 Å². The molecule has 142 valence electrons. The van der Waals surface area contributed by atoms with E-state index in [2.05, 4.69) is 19.5 Å². The Bertz CT molecular complexity index is 958. The molecule has 3 rings (SSSR count). The Balaban J connectivity index is 1.86. The maximum atomic E-state index is 11.8. The van der Waals surface area contributed by atoms with E-state index < -0.39 is 49.9 Å². The first-order valence-electron chi connectivity index (χ1n) is 7.13. The maximum Gasteiger partial charge on any atom is 0.415 e. The number of imidazole rings is 1. The number of amides is 1. The van der Waals surface area contributed by atoms with Crippen molar-refractivity contribution < 1.29 is 33.7 Å². The Morgan fingerprint density at radius 3 is 2.81 bits per heavy atom. The Morgan fingerprint density at radius 2 is 2.15 bits per heavy atom. The summed E-state index contributed by atoms with van der Waals surface area (Å²) in [6.45, 7) is -0.700. The highest BCUT2D eigenvalue weighted by Gasteiger charge is 2.45. The van der Waals surface area contributed by atoms with Crippen molar-refractivity contribution >= 4 is 30.4 Å². The Kier molecular flexibility index (Phi) is 4.56. The van der Waals surface area contributed by atoms with Crippen LogP contribution in [0.4, 0.5) is 10.7 Å². The first-order valence-corrected chi connectivity index (χ1v) is 8.71. The number of hydrogen-bond donors (Lipinski definition) is 6. The molecular weight excluding hydrogens is 375 g/mol. The summed E-state index contributed by atoms with van der Waals surface area (Å²) in [5.74, 6) is -0.195. The molecule has 8 N–H and O–H groups in total. The van der Waals surface area contributed by atoms with Crippen LogP contribution in [0.25, 0.3) is 11.2 Å². The smallest absolute Gasteiger partial charge is 0.387 e. The average Bonchev–Trinajstić information content (AvgIpc) is 3.08. The van der Waals surface area contributed by atoms with Crippen molar-refractivity contribution in [3.8, 4) is 0 Å². The summed E-state index contributed by atoms with van der Waals surface area (Å²) in [5.41, 5.74) is 7.94. The molecule has 1 unspecified atom stereocenters. The first-order chi connectivity index (χ1) is 12.1. The lowest BCUT2D eigenvalue weighted by Gasteiger charge is -2.16. The number of H-pyrrole nitrogens is 1. The molecule has 0 bridgehead atoms. The number of aliphatic hydroxyl groups excluding tert-OH is 2. The van der Waals surface area contributed by atoms with Gasteiger partial charge in [0.15, 0.2) is 17.4 Å². The van der Waals surface area contributed by atoms with E-state index in [-0.39, 0.29) is 17.1 Å². The van der Waals surface area contributed by atoms with Gasteiger partial charge in [-0.1, -0.05) is 0 Å². The fourth-order valence-electron chi connectivity index (χ4n) is 2.46. The number of anilines is 1. The van der Waals surface area contributed by atoms with Crippen molar-refractivity contribution in [2.24, 2.45) is 5.73 Å². The zero-order chi connectivity index (χ0) is 19.2. The van der Waals surface area contributed by atoms with Crippen molar-refractivity contribution in [3.63, 3.8) is 0 Å². The van der Waals surface area contributed by atoms with Crippen molar-refractivity contribution in [1.29, 1.82) is 0 Å². The van der Waals surface area contributed by atoms with Crippen LogP contribution < -0.4 is 17.0 Å². The number of carbonyl (C=O) groups excluding carboxylic acids is 1. The summed E-state index contributed by atoms with van der Waals surface area (Å²) in [5, 5.41) is 20.2. The van der Waals surface area contributed by atoms with E-state index in [0.717, 1.165) is 6.33 Å². The number of nitrogens with zero attached hydrogens (tertiary/aromatic N) is 3. The number of nitrogens with two attached hydrogens (primary N) is 2. The van der Waals surface area contributed by atoms with Gasteiger partial charge in [-0.3, -0.25) is 23.7 Å². The van der Waals surface area contributed by atoms with Gasteiger partial charge in [-0.2, -0.15) is 4.98 Å². The molecule has 14 nitrogen and oxygen atoms in total. The largest absolute Gasteiger partial charge is 0.415 e. The zero-order valence-electron chi connectivity index (χ0n) is 12.9. The molecule has 2 aromatic rings. The van der Waals surface area contributed by atoms with Gasteiger partial charge in [0, 0.05) is 0 Å². The van der Waals surface area contributed by atoms with Gasteiger partial charge in [0.05, 0.1) is 12.9 Å². The zero-order valence-corrected chi connectivity index (χ0v) is 13.8. The molecule has 3 heterocycles. The molecule has 1 fully saturated rings. The fraction of sp³-hybridized carbons (Fsp3) is 0.455. The van der Waals surface area contributed by atoms with Crippen molar-refractivity contribution in [2.75, 3.05) is 12.3 Å². The standard InChI is InChI=1S/C11H15N6O8P/c12-10-15-7-4(8(20)16-10)14-2-17(7)9-6(19)5(18)3(25-9)1-24-26(22,23)11(13)21/h2-3,5-6,9,18-19H,1H2,(H2,13,21)(H,22,23)(H3,12,15,16,20)/t3-,5-,6-,9-/m1/s1. The molecule has 0 aliphatic carbocycles. The van der Waals surface area contributed by atoms with Crippen LogP contribution in [-0.2, 0) is 13.8 Å². The highest BCUT2D eigenvalue weighted by atomic mass is 31.2. The number of aromatic nitrogens is 4. The molecule has 15 heteroatoms. The molecule has 5 atom stereocenters. The molecular formula is C11H15N6O8P. The fourth-order valence-corrected chi connectivity index (χ4v) is 2.94. The minimum Gasteiger partial charge on any atom is -0.387 e. The number of hydrogen-bond acceptors (Lipinski definition) is 10. The second kappa shape index (κ2) is 6.42. The Morgan fingerprint density at radius 1 is 1.46 bits per heavy atom. The summed E-state index contributed by atoms with van der Waals surface area (Å²) >= 11 is 0. The Hall–Kier alpha value is -2.35. The number of carbonyl (C=O) groups is 1. The van der Waals surface area contributed by atoms with E-state index in [9.17, 15) is 29.3 Å². The summed E-state index contributed by atoms with van der Waals surface area (Å²) in [6, 6.07) is 0. The molecule has 1 aliphatic rings. The van der Waals surface area contributed by atoms with Gasteiger partial charge in [0.1, 0.15) is 18.3 Å². The molecule has 1 aliphatic heterocycles. The van der Waals surface area contributed by atoms with Gasteiger partial charge in [-0.25, -0.2) is 9.55 Å². The number of fused-ring (bicyclic) bond motifs is 1. The minimum atomic E-state index is -4.72. The lowest BCUT2D eigenvalue weighted by molar-refractivity contribution is -0.0481. The minimum absolute atomic E-state index is 0.00552. The van der Waals surface area contributed by atoms with E-state index in [0.29, 0.717) is 0 Å². The van der Waals surface area contributed by atoms with Gasteiger partial charge in [0.2, 0.25) is 5.95 Å². The molecule has 0 spiro atoms. The number of aliphatic hydroxyl groups is 2. The molecule has 1 saturated heterocycles. The van der Waals surface area contributed by atoms with Crippen LogP contribution in [-0.4, -0.2) is 65.2 Å². The predicted molar refractivity (Wildman–Crippen MR) is 83.8 cm³/mol. The third kappa shape index (κ3) is 3.09. The lowest BCUT2D eigenvalue weighted by Crippen LogP contribution is -2.34. The monoisotopic (exact) mass is 390 g/mol. The second-order valence-electron chi connectivity index (χ2n) is 5.48. The topological polar surface area (TPSA) is 229 Å². The van der Waals surface area contributed by atoms with Crippen LogP contribution in [0.1, 0.15) is 6.23 Å². The highest BCUT2D eigenvalue weighted by Crippen LogP contribution is 2.43. The summed E-state index contributed by atoms with van der Waals surface area (Å²) < 4.78 is 22.5. The number of ether oxygens (including phenoxy) is 1. The summed E-state index contributed by atoms with van der Waals surface area (Å²) in [4.78, 5) is 41.8. The van der Waals surface area contributed by atoms with Gasteiger partial charge in [-0.05, 0) is 0 Å². The third-order valence-corrected chi connectivity index (χ3v) is 4.81. The second-order valence-corrected chi connectivity index (χ2v) is 7.22. The van der Waals surface area contributed by atoms with Crippen molar-refractivity contribution in [1.82, 2.24) is 19.5 Å². The third-order valence-electron chi connectivity index (χ3n) is 3.75. The van der Waals surface area contributed by atoms with E-state index in [1.54, 1.807) is 0 Å². The number of rotatable bonds is 5. The van der Waals surface area contributed by atoms with E-state index in [1.807, 2.05) is 0 Å². The molecule has 2 aromatic heterocycles. The summed E-state index contributed by atoms with van der Waals surface area (Å²) in [7, 11) is -4.72. The van der Waals surface area contributed by atoms with Crippen molar-refractivity contribution in [3.05, 3.63) is 16.7 Å². The van der Waals surface area contributed by atoms with E-state index in [1.165, 1.54) is 4.57 Å². The highest BCUT2D eigenvalue weighted by molar-refractivity contribution is 7.70. The average molecular weight is 390 g/mol. The predicted octanol–water partition coefficient (Wildman–Crippen LogP) is -2.40.